The van der Waals surface area contributed by atoms with Gasteiger partial charge in [-0.05, 0) is 42.3 Å². The molecule has 0 bridgehead atoms. The molecule has 3 nitrogen and oxygen atoms in total. The molecule has 2 rings (SSSR count). The molecule has 22 heavy (non-hydrogen) atoms. The highest BCUT2D eigenvalue weighted by molar-refractivity contribution is 6.35. The van der Waals surface area contributed by atoms with Crippen LogP contribution in [0.2, 0.25) is 10.0 Å². The van der Waals surface area contributed by atoms with Crippen LogP contribution >= 0.6 is 23.2 Å². The van der Waals surface area contributed by atoms with Gasteiger partial charge in [-0.15, -0.1) is 0 Å². The zero-order chi connectivity index (χ0) is 15.9. The summed E-state index contributed by atoms with van der Waals surface area (Å²) in [5.41, 5.74) is 2.78. The van der Waals surface area contributed by atoms with Gasteiger partial charge in [-0.3, -0.25) is 4.79 Å². The Morgan fingerprint density at radius 1 is 1.09 bits per heavy atom. The van der Waals surface area contributed by atoms with Crippen molar-refractivity contribution in [1.29, 1.82) is 0 Å². The number of anilines is 2. The van der Waals surface area contributed by atoms with Crippen LogP contribution in [-0.4, -0.2) is 12.5 Å². The van der Waals surface area contributed by atoms with E-state index in [1.54, 1.807) is 18.2 Å². The van der Waals surface area contributed by atoms with Crippen molar-refractivity contribution in [3.05, 3.63) is 58.1 Å². The number of nitrogens with one attached hydrogen (secondary N) is 2. The molecule has 0 unspecified atom stereocenters. The number of carbonyl (C=O) groups excluding carboxylic acids is 1. The molecule has 0 aliphatic heterocycles. The first-order valence-corrected chi connectivity index (χ1v) is 7.92. The van der Waals surface area contributed by atoms with E-state index >= 15 is 0 Å². The highest BCUT2D eigenvalue weighted by Crippen LogP contribution is 2.25. The molecule has 0 atom stereocenters. The summed E-state index contributed by atoms with van der Waals surface area (Å²) < 4.78 is 0. The van der Waals surface area contributed by atoms with Gasteiger partial charge in [0.2, 0.25) is 5.91 Å². The average Bonchev–Trinajstić information content (AvgIpc) is 2.51. The molecule has 0 saturated heterocycles. The van der Waals surface area contributed by atoms with E-state index in [1.807, 2.05) is 24.3 Å². The van der Waals surface area contributed by atoms with E-state index in [0.717, 1.165) is 17.8 Å². The smallest absolute Gasteiger partial charge is 0.226 e. The van der Waals surface area contributed by atoms with Gasteiger partial charge in [0.1, 0.15) is 0 Å². The van der Waals surface area contributed by atoms with E-state index < -0.39 is 0 Å². The summed E-state index contributed by atoms with van der Waals surface area (Å²) in [5.74, 6) is -0.0464. The van der Waals surface area contributed by atoms with Crippen molar-refractivity contribution >= 4 is 40.5 Å². The second kappa shape index (κ2) is 8.06. The van der Waals surface area contributed by atoms with Crippen LogP contribution in [0, 0.1) is 0 Å². The Morgan fingerprint density at radius 3 is 2.50 bits per heavy atom. The van der Waals surface area contributed by atoms with E-state index in [9.17, 15) is 4.79 Å². The SMILES string of the molecule is CCc1ccc(NC(=O)CCNc2cc(Cl)ccc2Cl)cc1. The second-order valence-corrected chi connectivity index (χ2v) is 5.74. The Morgan fingerprint density at radius 2 is 1.82 bits per heavy atom. The van der Waals surface area contributed by atoms with E-state index in [4.69, 9.17) is 23.2 Å². The van der Waals surface area contributed by atoms with E-state index in [2.05, 4.69) is 17.6 Å². The predicted octanol–water partition coefficient (Wildman–Crippen LogP) is 5.00. The van der Waals surface area contributed by atoms with Gasteiger partial charge in [0.15, 0.2) is 0 Å². The molecule has 1 amide bonds. The average molecular weight is 337 g/mol. The Labute approximate surface area is 140 Å². The van der Waals surface area contributed by atoms with Crippen LogP contribution in [0.1, 0.15) is 18.9 Å². The lowest BCUT2D eigenvalue weighted by molar-refractivity contribution is -0.115. The first-order chi connectivity index (χ1) is 10.6. The molecule has 0 aliphatic carbocycles. The van der Waals surface area contributed by atoms with Crippen LogP contribution < -0.4 is 10.6 Å². The van der Waals surface area contributed by atoms with Gasteiger partial charge in [0.25, 0.3) is 0 Å². The molecule has 2 aromatic rings. The summed E-state index contributed by atoms with van der Waals surface area (Å²) in [6.45, 7) is 2.58. The van der Waals surface area contributed by atoms with E-state index in [1.165, 1.54) is 5.56 Å². The maximum Gasteiger partial charge on any atom is 0.226 e. The van der Waals surface area contributed by atoms with Gasteiger partial charge in [-0.1, -0.05) is 42.3 Å². The zero-order valence-corrected chi connectivity index (χ0v) is 13.8. The largest absolute Gasteiger partial charge is 0.383 e. The van der Waals surface area contributed by atoms with E-state index in [0.29, 0.717) is 23.0 Å². The van der Waals surface area contributed by atoms with Gasteiger partial charge in [0, 0.05) is 23.7 Å². The van der Waals surface area contributed by atoms with Crippen molar-refractivity contribution in [2.75, 3.05) is 17.2 Å². The van der Waals surface area contributed by atoms with Crippen molar-refractivity contribution in [3.8, 4) is 0 Å². The molecule has 0 heterocycles. The number of halogens is 2. The molecule has 0 aliphatic rings. The summed E-state index contributed by atoms with van der Waals surface area (Å²) >= 11 is 12.0. The summed E-state index contributed by atoms with van der Waals surface area (Å²) in [4.78, 5) is 11.9. The number of hydrogen-bond acceptors (Lipinski definition) is 2. The maximum atomic E-state index is 11.9. The fourth-order valence-electron chi connectivity index (χ4n) is 1.99. The van der Waals surface area contributed by atoms with Gasteiger partial charge in [0.05, 0.1) is 10.7 Å². The molecule has 0 spiro atoms. The fourth-order valence-corrected chi connectivity index (χ4v) is 2.35. The molecule has 116 valence electrons. The third kappa shape index (κ3) is 4.93. The van der Waals surface area contributed by atoms with Crippen molar-refractivity contribution in [2.24, 2.45) is 0 Å². The van der Waals surface area contributed by atoms with Crippen molar-refractivity contribution < 1.29 is 4.79 Å². The summed E-state index contributed by atoms with van der Waals surface area (Å²) in [5, 5.41) is 7.17. The van der Waals surface area contributed by atoms with Crippen LogP contribution in [0.4, 0.5) is 11.4 Å². The molecule has 5 heteroatoms. The minimum Gasteiger partial charge on any atom is -0.383 e. The highest BCUT2D eigenvalue weighted by atomic mass is 35.5. The zero-order valence-electron chi connectivity index (χ0n) is 12.3. The quantitative estimate of drug-likeness (QED) is 0.779. The lowest BCUT2D eigenvalue weighted by Gasteiger charge is -2.09. The third-order valence-electron chi connectivity index (χ3n) is 3.24. The van der Waals surface area contributed by atoms with Crippen molar-refractivity contribution in [3.63, 3.8) is 0 Å². The van der Waals surface area contributed by atoms with Crippen LogP contribution in [0.25, 0.3) is 0 Å². The Balaban J connectivity index is 1.81. The third-order valence-corrected chi connectivity index (χ3v) is 3.81. The number of carbonyl (C=O) groups is 1. The van der Waals surface area contributed by atoms with Crippen LogP contribution in [0.15, 0.2) is 42.5 Å². The highest BCUT2D eigenvalue weighted by Gasteiger charge is 2.04. The second-order valence-electron chi connectivity index (χ2n) is 4.90. The molecular formula is C17H18Cl2N2O. The molecule has 2 N–H and O–H groups in total. The number of rotatable bonds is 6. The van der Waals surface area contributed by atoms with Crippen LogP contribution in [0.5, 0.6) is 0 Å². The minimum atomic E-state index is -0.0464. The lowest BCUT2D eigenvalue weighted by atomic mass is 10.1. The van der Waals surface area contributed by atoms with Gasteiger partial charge in [-0.2, -0.15) is 0 Å². The molecule has 0 fully saturated rings. The molecule has 0 saturated carbocycles. The van der Waals surface area contributed by atoms with Crippen molar-refractivity contribution in [1.82, 2.24) is 0 Å². The number of hydrogen-bond donors (Lipinski definition) is 2. The molecular weight excluding hydrogens is 319 g/mol. The normalized spacial score (nSPS) is 10.3. The Hall–Kier alpha value is -1.71. The van der Waals surface area contributed by atoms with Gasteiger partial charge < -0.3 is 10.6 Å². The van der Waals surface area contributed by atoms with Crippen molar-refractivity contribution in [2.45, 2.75) is 19.8 Å². The monoisotopic (exact) mass is 336 g/mol. The van der Waals surface area contributed by atoms with Crippen LogP contribution in [0.3, 0.4) is 0 Å². The standard InChI is InChI=1S/C17H18Cl2N2O/c1-2-12-3-6-14(7-4-12)21-17(22)9-10-20-16-11-13(18)5-8-15(16)19/h3-8,11,20H,2,9-10H2,1H3,(H,21,22). The van der Waals surface area contributed by atoms with Gasteiger partial charge >= 0.3 is 0 Å². The fraction of sp³-hybridized carbons (Fsp3) is 0.235. The minimum absolute atomic E-state index is 0.0464. The molecule has 2 aromatic carbocycles. The topological polar surface area (TPSA) is 41.1 Å². The van der Waals surface area contributed by atoms with Crippen LogP contribution in [-0.2, 0) is 11.2 Å². The molecule has 0 radical (unpaired) electrons. The summed E-state index contributed by atoms with van der Waals surface area (Å²) in [6, 6.07) is 13.0. The predicted molar refractivity (Wildman–Crippen MR) is 94.0 cm³/mol. The number of aryl methyl sites for hydroxylation is 1. The summed E-state index contributed by atoms with van der Waals surface area (Å²) in [7, 11) is 0. The number of benzene rings is 2. The van der Waals surface area contributed by atoms with E-state index in [-0.39, 0.29) is 5.91 Å². The molecule has 0 aromatic heterocycles. The number of amides is 1. The van der Waals surface area contributed by atoms with Gasteiger partial charge in [-0.25, -0.2) is 0 Å². The Kier molecular flexibility index (Phi) is 6.10. The first kappa shape index (κ1) is 16.7. The summed E-state index contributed by atoms with van der Waals surface area (Å²) in [6.07, 6.45) is 1.33. The first-order valence-electron chi connectivity index (χ1n) is 7.16. The Bertz CT molecular complexity index is 642. The lowest BCUT2D eigenvalue weighted by Crippen LogP contribution is -2.16. The maximum absolute atomic E-state index is 11.9.